The lowest BCUT2D eigenvalue weighted by Crippen LogP contribution is -1.96. The lowest BCUT2D eigenvalue weighted by molar-refractivity contribution is 0.0699. The summed E-state index contributed by atoms with van der Waals surface area (Å²) in [6.07, 6.45) is 0. The van der Waals surface area contributed by atoms with Gasteiger partial charge in [0.1, 0.15) is 5.52 Å². The quantitative estimate of drug-likeness (QED) is 0.766. The third-order valence-corrected chi connectivity index (χ3v) is 3.40. The van der Waals surface area contributed by atoms with Gasteiger partial charge in [-0.25, -0.2) is 9.78 Å². The predicted molar refractivity (Wildman–Crippen MR) is 75.9 cm³/mol. The Hall–Kier alpha value is -2.62. The molecule has 0 bridgehead atoms. The van der Waals surface area contributed by atoms with Crippen LogP contribution < -0.4 is 0 Å². The Bertz CT molecular complexity index is 818. The minimum atomic E-state index is -1.00. The molecule has 4 heteroatoms. The zero-order valence-corrected chi connectivity index (χ0v) is 11.2. The number of benzene rings is 2. The first kappa shape index (κ1) is 12.4. The Morgan fingerprint density at radius 1 is 1.15 bits per heavy atom. The number of aromatic carboxylic acids is 1. The van der Waals surface area contributed by atoms with Crippen LogP contribution in [0, 0.1) is 13.8 Å². The number of aryl methyl sites for hydroxylation is 2. The number of oxazole rings is 1. The zero-order chi connectivity index (χ0) is 14.3. The fourth-order valence-electron chi connectivity index (χ4n) is 2.12. The molecule has 2 aromatic carbocycles. The summed E-state index contributed by atoms with van der Waals surface area (Å²) in [4.78, 5) is 15.5. The topological polar surface area (TPSA) is 63.3 Å². The van der Waals surface area contributed by atoms with Crippen molar-refractivity contribution >= 4 is 17.1 Å². The number of para-hydroxylation sites is 1. The summed E-state index contributed by atoms with van der Waals surface area (Å²) in [6, 6.07) is 10.8. The Kier molecular flexibility index (Phi) is 2.79. The first-order valence-corrected chi connectivity index (χ1v) is 6.27. The molecule has 0 radical (unpaired) electrons. The van der Waals surface area contributed by atoms with Crippen LogP contribution in [0.5, 0.6) is 0 Å². The fraction of sp³-hybridized carbons (Fsp3) is 0.125. The maximum Gasteiger partial charge on any atom is 0.338 e. The molecule has 0 aliphatic heterocycles. The van der Waals surface area contributed by atoms with Crippen molar-refractivity contribution in [2.45, 2.75) is 13.8 Å². The summed E-state index contributed by atoms with van der Waals surface area (Å²) in [7, 11) is 0. The number of aromatic nitrogens is 1. The van der Waals surface area contributed by atoms with E-state index in [1.54, 1.807) is 12.1 Å². The van der Waals surface area contributed by atoms with Gasteiger partial charge in [0, 0.05) is 5.56 Å². The first-order valence-electron chi connectivity index (χ1n) is 6.27. The van der Waals surface area contributed by atoms with Crippen molar-refractivity contribution in [3.63, 3.8) is 0 Å². The summed E-state index contributed by atoms with van der Waals surface area (Å²) >= 11 is 0. The third kappa shape index (κ3) is 1.95. The molecule has 3 rings (SSSR count). The Balaban J connectivity index is 2.20. The van der Waals surface area contributed by atoms with E-state index in [0.717, 1.165) is 11.1 Å². The molecule has 1 N–H and O–H groups in total. The molecular formula is C16H13NO3. The Labute approximate surface area is 115 Å². The maximum absolute atomic E-state index is 11.2. The molecule has 0 atom stereocenters. The van der Waals surface area contributed by atoms with Crippen LogP contribution in [-0.2, 0) is 0 Å². The standard InChI is InChI=1S/C16H13NO3/c1-9-6-7-11(8-10(9)2)15-17-14-12(16(18)19)4-3-5-13(14)20-15/h3-8H,1-2H3,(H,18,19). The summed E-state index contributed by atoms with van der Waals surface area (Å²) in [5.41, 5.74) is 4.20. The van der Waals surface area contributed by atoms with Crippen LogP contribution in [0.15, 0.2) is 40.8 Å². The van der Waals surface area contributed by atoms with Crippen LogP contribution in [0.4, 0.5) is 0 Å². The average molecular weight is 267 g/mol. The van der Waals surface area contributed by atoms with Crippen molar-refractivity contribution in [2.75, 3.05) is 0 Å². The summed E-state index contributed by atoms with van der Waals surface area (Å²) in [6.45, 7) is 4.05. The number of carboxylic acids is 1. The molecule has 0 amide bonds. The molecule has 0 spiro atoms. The van der Waals surface area contributed by atoms with Crippen molar-refractivity contribution < 1.29 is 14.3 Å². The molecule has 0 saturated heterocycles. The highest BCUT2D eigenvalue weighted by Gasteiger charge is 2.15. The zero-order valence-electron chi connectivity index (χ0n) is 11.2. The van der Waals surface area contributed by atoms with E-state index >= 15 is 0 Å². The highest BCUT2D eigenvalue weighted by Crippen LogP contribution is 2.27. The van der Waals surface area contributed by atoms with Gasteiger partial charge in [0.15, 0.2) is 5.58 Å². The maximum atomic E-state index is 11.2. The lowest BCUT2D eigenvalue weighted by Gasteiger charge is -2.01. The fourth-order valence-corrected chi connectivity index (χ4v) is 2.12. The van der Waals surface area contributed by atoms with Gasteiger partial charge in [-0.1, -0.05) is 12.1 Å². The number of carboxylic acid groups (broad SMARTS) is 1. The Morgan fingerprint density at radius 2 is 1.95 bits per heavy atom. The van der Waals surface area contributed by atoms with E-state index in [4.69, 9.17) is 9.52 Å². The summed E-state index contributed by atoms with van der Waals surface area (Å²) < 4.78 is 5.67. The van der Waals surface area contributed by atoms with Crippen molar-refractivity contribution in [2.24, 2.45) is 0 Å². The van der Waals surface area contributed by atoms with E-state index in [2.05, 4.69) is 4.98 Å². The van der Waals surface area contributed by atoms with Gasteiger partial charge in [-0.05, 0) is 49.2 Å². The molecule has 0 aliphatic carbocycles. The highest BCUT2D eigenvalue weighted by atomic mass is 16.4. The van der Waals surface area contributed by atoms with Crippen molar-refractivity contribution in [1.82, 2.24) is 4.98 Å². The molecule has 0 saturated carbocycles. The highest BCUT2D eigenvalue weighted by molar-refractivity contribution is 6.00. The van der Waals surface area contributed by atoms with E-state index in [1.807, 2.05) is 32.0 Å². The number of fused-ring (bicyclic) bond motifs is 1. The summed E-state index contributed by atoms with van der Waals surface area (Å²) in [5, 5.41) is 9.16. The molecule has 0 aliphatic rings. The van der Waals surface area contributed by atoms with Gasteiger partial charge in [0.05, 0.1) is 5.56 Å². The van der Waals surface area contributed by atoms with Crippen molar-refractivity contribution in [3.8, 4) is 11.5 Å². The molecule has 0 fully saturated rings. The minimum Gasteiger partial charge on any atom is -0.478 e. The predicted octanol–water partition coefficient (Wildman–Crippen LogP) is 3.81. The molecule has 1 aromatic heterocycles. The van der Waals surface area contributed by atoms with Gasteiger partial charge in [0.2, 0.25) is 5.89 Å². The molecular weight excluding hydrogens is 254 g/mol. The third-order valence-electron chi connectivity index (χ3n) is 3.40. The second-order valence-electron chi connectivity index (χ2n) is 4.78. The van der Waals surface area contributed by atoms with E-state index < -0.39 is 5.97 Å². The number of hydrogen-bond donors (Lipinski definition) is 1. The van der Waals surface area contributed by atoms with Crippen LogP contribution >= 0.6 is 0 Å². The number of carbonyl (C=O) groups is 1. The van der Waals surface area contributed by atoms with Crippen molar-refractivity contribution in [1.29, 1.82) is 0 Å². The van der Waals surface area contributed by atoms with Crippen LogP contribution in [-0.4, -0.2) is 16.1 Å². The molecule has 1 heterocycles. The van der Waals surface area contributed by atoms with E-state index in [9.17, 15) is 4.79 Å². The van der Waals surface area contributed by atoms with Gasteiger partial charge in [-0.3, -0.25) is 0 Å². The van der Waals surface area contributed by atoms with Gasteiger partial charge < -0.3 is 9.52 Å². The molecule has 4 nitrogen and oxygen atoms in total. The average Bonchev–Trinajstić information content (AvgIpc) is 2.85. The minimum absolute atomic E-state index is 0.154. The SMILES string of the molecule is Cc1ccc(-c2nc3c(C(=O)O)cccc3o2)cc1C. The molecule has 3 aromatic rings. The van der Waals surface area contributed by atoms with Gasteiger partial charge >= 0.3 is 5.97 Å². The van der Waals surface area contributed by atoms with Crippen LogP contribution in [0.2, 0.25) is 0 Å². The van der Waals surface area contributed by atoms with Crippen LogP contribution in [0.25, 0.3) is 22.6 Å². The monoisotopic (exact) mass is 267 g/mol. The Morgan fingerprint density at radius 3 is 2.65 bits per heavy atom. The molecule has 20 heavy (non-hydrogen) atoms. The number of rotatable bonds is 2. The van der Waals surface area contributed by atoms with E-state index in [-0.39, 0.29) is 5.56 Å². The lowest BCUT2D eigenvalue weighted by atomic mass is 10.1. The van der Waals surface area contributed by atoms with Crippen molar-refractivity contribution in [3.05, 3.63) is 53.1 Å². The summed E-state index contributed by atoms with van der Waals surface area (Å²) in [5.74, 6) is -0.563. The first-order chi connectivity index (χ1) is 9.56. The van der Waals surface area contributed by atoms with Gasteiger partial charge in [0.25, 0.3) is 0 Å². The second-order valence-corrected chi connectivity index (χ2v) is 4.78. The van der Waals surface area contributed by atoms with Crippen LogP contribution in [0.3, 0.4) is 0 Å². The number of hydrogen-bond acceptors (Lipinski definition) is 3. The largest absolute Gasteiger partial charge is 0.478 e. The van der Waals surface area contributed by atoms with E-state index in [0.29, 0.717) is 17.0 Å². The second kappa shape index (κ2) is 4.49. The molecule has 0 unspecified atom stereocenters. The molecule has 100 valence electrons. The van der Waals surface area contributed by atoms with Crippen LogP contribution in [0.1, 0.15) is 21.5 Å². The number of nitrogens with zero attached hydrogens (tertiary/aromatic N) is 1. The smallest absolute Gasteiger partial charge is 0.338 e. The normalized spacial score (nSPS) is 10.9. The van der Waals surface area contributed by atoms with Gasteiger partial charge in [-0.2, -0.15) is 0 Å². The van der Waals surface area contributed by atoms with E-state index in [1.165, 1.54) is 11.6 Å². The van der Waals surface area contributed by atoms with Gasteiger partial charge in [-0.15, -0.1) is 0 Å².